The lowest BCUT2D eigenvalue weighted by Crippen LogP contribution is -2.29. The van der Waals surface area contributed by atoms with Crippen molar-refractivity contribution >= 4 is 11.9 Å². The summed E-state index contributed by atoms with van der Waals surface area (Å²) in [4.78, 5) is 21.9. The van der Waals surface area contributed by atoms with E-state index in [0.717, 1.165) is 31.8 Å². The van der Waals surface area contributed by atoms with Crippen LogP contribution in [-0.2, 0) is 19.1 Å². The molecule has 0 aromatic carbocycles. The van der Waals surface area contributed by atoms with E-state index in [1.807, 2.05) is 0 Å². The van der Waals surface area contributed by atoms with Crippen molar-refractivity contribution in [2.75, 3.05) is 13.2 Å². The molecule has 0 radical (unpaired) electrons. The fourth-order valence-electron chi connectivity index (χ4n) is 1.09. The molecule has 0 aliphatic rings. The summed E-state index contributed by atoms with van der Waals surface area (Å²) in [5.74, 6) is -1.45. The molecule has 1 N–H and O–H groups in total. The molecule has 5 heteroatoms. The van der Waals surface area contributed by atoms with E-state index >= 15 is 0 Å². The number of hydrogen-bond acceptors (Lipinski definition) is 5. The van der Waals surface area contributed by atoms with Crippen LogP contribution in [0.2, 0.25) is 0 Å². The summed E-state index contributed by atoms with van der Waals surface area (Å²) < 4.78 is 9.32. The van der Waals surface area contributed by atoms with Crippen molar-refractivity contribution in [3.05, 3.63) is 12.7 Å². The van der Waals surface area contributed by atoms with Gasteiger partial charge in [-0.15, -0.1) is 0 Å². The van der Waals surface area contributed by atoms with E-state index < -0.39 is 24.6 Å². The van der Waals surface area contributed by atoms with Crippen LogP contribution in [0.25, 0.3) is 0 Å². The van der Waals surface area contributed by atoms with Crippen molar-refractivity contribution in [2.24, 2.45) is 0 Å². The molecule has 0 saturated heterocycles. The summed E-state index contributed by atoms with van der Waals surface area (Å²) >= 11 is 0. The molecule has 0 aliphatic carbocycles. The maximum absolute atomic E-state index is 11.2. The Kier molecular flexibility index (Phi) is 9.05. The van der Waals surface area contributed by atoms with Crippen molar-refractivity contribution in [1.82, 2.24) is 0 Å². The Morgan fingerprint density at radius 1 is 1.29 bits per heavy atom. The Bertz CT molecular complexity index is 249. The molecule has 0 aromatic heterocycles. The first kappa shape index (κ1) is 15.6. The molecule has 0 bridgehead atoms. The molecule has 5 nitrogen and oxygen atoms in total. The third-order valence-corrected chi connectivity index (χ3v) is 2.06. The van der Waals surface area contributed by atoms with Gasteiger partial charge in [-0.3, -0.25) is 0 Å². The largest absolute Gasteiger partial charge is 0.464 e. The first-order chi connectivity index (χ1) is 8.11. The molecule has 17 heavy (non-hydrogen) atoms. The average Bonchev–Trinajstić information content (AvgIpc) is 2.34. The van der Waals surface area contributed by atoms with Gasteiger partial charge in [-0.2, -0.15) is 0 Å². The summed E-state index contributed by atoms with van der Waals surface area (Å²) in [6, 6.07) is 0. The van der Waals surface area contributed by atoms with E-state index in [2.05, 4.69) is 18.2 Å². The van der Waals surface area contributed by atoms with Crippen LogP contribution in [0, 0.1) is 0 Å². The predicted molar refractivity (Wildman–Crippen MR) is 62.3 cm³/mol. The van der Waals surface area contributed by atoms with Crippen LogP contribution in [0.1, 0.15) is 32.6 Å². The zero-order chi connectivity index (χ0) is 13.1. The third-order valence-electron chi connectivity index (χ3n) is 2.06. The number of aliphatic hydroxyl groups is 1. The molecule has 0 saturated carbocycles. The van der Waals surface area contributed by atoms with Crippen molar-refractivity contribution in [1.29, 1.82) is 0 Å². The number of rotatable bonds is 9. The Morgan fingerprint density at radius 2 is 2.00 bits per heavy atom. The highest BCUT2D eigenvalue weighted by Gasteiger charge is 2.17. The lowest BCUT2D eigenvalue weighted by molar-refractivity contribution is -0.159. The molecule has 0 amide bonds. The van der Waals surface area contributed by atoms with Gasteiger partial charge in [0.25, 0.3) is 0 Å². The fourth-order valence-corrected chi connectivity index (χ4v) is 1.09. The van der Waals surface area contributed by atoms with E-state index in [4.69, 9.17) is 4.74 Å². The Balaban J connectivity index is 3.60. The zero-order valence-corrected chi connectivity index (χ0v) is 10.2. The second kappa shape index (κ2) is 9.84. The molecule has 1 atom stereocenters. The van der Waals surface area contributed by atoms with Crippen LogP contribution in [-0.4, -0.2) is 36.4 Å². The lowest BCUT2D eigenvalue weighted by atomic mass is 10.2. The third kappa shape index (κ3) is 8.45. The van der Waals surface area contributed by atoms with E-state index in [9.17, 15) is 14.7 Å². The number of esters is 2. The van der Waals surface area contributed by atoms with Gasteiger partial charge in [-0.25, -0.2) is 9.59 Å². The minimum Gasteiger partial charge on any atom is -0.464 e. The molecule has 1 unspecified atom stereocenters. The summed E-state index contributed by atoms with van der Waals surface area (Å²) in [5.41, 5.74) is 0. The SMILES string of the molecule is C=CC(=O)OCC(O)C(=O)OCCCCCC. The van der Waals surface area contributed by atoms with Gasteiger partial charge in [0.05, 0.1) is 6.61 Å². The summed E-state index contributed by atoms with van der Waals surface area (Å²) in [5, 5.41) is 9.28. The van der Waals surface area contributed by atoms with Crippen LogP contribution >= 0.6 is 0 Å². The monoisotopic (exact) mass is 244 g/mol. The van der Waals surface area contributed by atoms with E-state index in [-0.39, 0.29) is 6.61 Å². The van der Waals surface area contributed by atoms with Gasteiger partial charge in [-0.05, 0) is 6.42 Å². The van der Waals surface area contributed by atoms with Gasteiger partial charge in [0.1, 0.15) is 6.61 Å². The standard InChI is InChI=1S/C12H20O5/c1-3-5-6-7-8-16-12(15)10(13)9-17-11(14)4-2/h4,10,13H,2-3,5-9H2,1H3. The topological polar surface area (TPSA) is 72.8 Å². The predicted octanol–water partition coefficient (Wildman–Crippen LogP) is 1.20. The highest BCUT2D eigenvalue weighted by molar-refractivity contribution is 5.81. The van der Waals surface area contributed by atoms with Crippen molar-refractivity contribution < 1.29 is 24.2 Å². The fraction of sp³-hybridized carbons (Fsp3) is 0.667. The molecule has 0 rings (SSSR count). The van der Waals surface area contributed by atoms with Crippen LogP contribution < -0.4 is 0 Å². The van der Waals surface area contributed by atoms with E-state index in [1.54, 1.807) is 0 Å². The number of hydrogen-bond donors (Lipinski definition) is 1. The number of aliphatic hydroxyl groups excluding tert-OH is 1. The minimum absolute atomic E-state index is 0.283. The average molecular weight is 244 g/mol. The Labute approximate surface area is 101 Å². The smallest absolute Gasteiger partial charge is 0.338 e. The lowest BCUT2D eigenvalue weighted by Gasteiger charge is -2.10. The zero-order valence-electron chi connectivity index (χ0n) is 10.2. The molecule has 0 spiro atoms. The molecule has 0 fully saturated rings. The van der Waals surface area contributed by atoms with Crippen molar-refractivity contribution in [3.8, 4) is 0 Å². The first-order valence-corrected chi connectivity index (χ1v) is 5.75. The molecule has 0 aromatic rings. The quantitative estimate of drug-likeness (QED) is 0.375. The van der Waals surface area contributed by atoms with Crippen molar-refractivity contribution in [3.63, 3.8) is 0 Å². The number of carbonyl (C=O) groups is 2. The molecule has 0 heterocycles. The molecular weight excluding hydrogens is 224 g/mol. The maximum atomic E-state index is 11.2. The Hall–Kier alpha value is -1.36. The highest BCUT2D eigenvalue weighted by Crippen LogP contribution is 2.00. The van der Waals surface area contributed by atoms with Gasteiger partial charge in [0.2, 0.25) is 0 Å². The van der Waals surface area contributed by atoms with Gasteiger partial charge in [-0.1, -0.05) is 32.8 Å². The van der Waals surface area contributed by atoms with Crippen LogP contribution in [0.5, 0.6) is 0 Å². The van der Waals surface area contributed by atoms with Gasteiger partial charge < -0.3 is 14.6 Å². The van der Waals surface area contributed by atoms with E-state index in [1.165, 1.54) is 0 Å². The summed E-state index contributed by atoms with van der Waals surface area (Å²) in [6.45, 7) is 5.16. The normalized spacial score (nSPS) is 11.6. The first-order valence-electron chi connectivity index (χ1n) is 5.75. The highest BCUT2D eigenvalue weighted by atomic mass is 16.6. The number of ether oxygens (including phenoxy) is 2. The number of carbonyl (C=O) groups excluding carboxylic acids is 2. The molecular formula is C12H20O5. The molecule has 98 valence electrons. The van der Waals surface area contributed by atoms with E-state index in [0.29, 0.717) is 0 Å². The maximum Gasteiger partial charge on any atom is 0.338 e. The van der Waals surface area contributed by atoms with Crippen molar-refractivity contribution in [2.45, 2.75) is 38.7 Å². The minimum atomic E-state index is -1.43. The van der Waals surface area contributed by atoms with Crippen LogP contribution in [0.4, 0.5) is 0 Å². The van der Waals surface area contributed by atoms with Gasteiger partial charge >= 0.3 is 11.9 Å². The summed E-state index contributed by atoms with van der Waals surface area (Å²) in [6.07, 6.45) is 3.50. The second-order valence-electron chi connectivity index (χ2n) is 3.58. The van der Waals surface area contributed by atoms with Crippen LogP contribution in [0.3, 0.4) is 0 Å². The molecule has 0 aliphatic heterocycles. The van der Waals surface area contributed by atoms with Gasteiger partial charge in [0.15, 0.2) is 6.10 Å². The second-order valence-corrected chi connectivity index (χ2v) is 3.58. The van der Waals surface area contributed by atoms with Gasteiger partial charge in [0, 0.05) is 6.08 Å². The number of unbranched alkanes of at least 4 members (excludes halogenated alkanes) is 3. The Morgan fingerprint density at radius 3 is 2.59 bits per heavy atom. The summed E-state index contributed by atoms with van der Waals surface area (Å²) in [7, 11) is 0. The van der Waals surface area contributed by atoms with Crippen LogP contribution in [0.15, 0.2) is 12.7 Å².